The second-order valence-electron chi connectivity index (χ2n) is 4.74. The van der Waals surface area contributed by atoms with Crippen molar-refractivity contribution in [1.82, 2.24) is 10.2 Å². The Morgan fingerprint density at radius 3 is 2.30 bits per heavy atom. The van der Waals surface area contributed by atoms with Crippen molar-refractivity contribution >= 4 is 11.6 Å². The maximum absolute atomic E-state index is 12.0. The Morgan fingerprint density at radius 2 is 1.75 bits per heavy atom. The van der Waals surface area contributed by atoms with E-state index in [1.54, 1.807) is 0 Å². The van der Waals surface area contributed by atoms with Crippen molar-refractivity contribution in [3.63, 3.8) is 0 Å². The van der Waals surface area contributed by atoms with Crippen LogP contribution in [0.1, 0.15) is 37.6 Å². The van der Waals surface area contributed by atoms with Gasteiger partial charge in [0.25, 0.3) is 5.91 Å². The van der Waals surface area contributed by atoms with Crippen LogP contribution in [0.5, 0.6) is 0 Å². The van der Waals surface area contributed by atoms with Gasteiger partial charge in [-0.15, -0.1) is 0 Å². The summed E-state index contributed by atoms with van der Waals surface area (Å²) in [5, 5.41) is 6.18. The first kappa shape index (κ1) is 16.5. The Hall–Kier alpha value is -1.55. The summed E-state index contributed by atoms with van der Waals surface area (Å²) in [6.45, 7) is 11.2. The number of rotatable bonds is 9. The lowest BCUT2D eigenvalue weighted by atomic mass is 10.2. The Kier molecular flexibility index (Phi) is 7.73. The van der Waals surface area contributed by atoms with E-state index < -0.39 is 0 Å². The molecule has 0 spiro atoms. The van der Waals surface area contributed by atoms with Gasteiger partial charge in [0.2, 0.25) is 0 Å². The van der Waals surface area contributed by atoms with Crippen LogP contribution in [-0.2, 0) is 0 Å². The van der Waals surface area contributed by atoms with Crippen LogP contribution in [0.4, 0.5) is 5.69 Å². The number of hydrogen-bond acceptors (Lipinski definition) is 3. The van der Waals surface area contributed by atoms with E-state index in [1.807, 2.05) is 24.3 Å². The Morgan fingerprint density at radius 1 is 1.10 bits per heavy atom. The van der Waals surface area contributed by atoms with E-state index in [2.05, 4.69) is 36.3 Å². The molecule has 0 heterocycles. The van der Waals surface area contributed by atoms with Gasteiger partial charge < -0.3 is 15.5 Å². The van der Waals surface area contributed by atoms with E-state index in [-0.39, 0.29) is 5.91 Å². The van der Waals surface area contributed by atoms with E-state index in [4.69, 9.17) is 0 Å². The summed E-state index contributed by atoms with van der Waals surface area (Å²) in [4.78, 5) is 14.3. The molecule has 0 aromatic heterocycles. The van der Waals surface area contributed by atoms with Crippen LogP contribution in [0.15, 0.2) is 24.3 Å². The molecule has 0 bridgehead atoms. The topological polar surface area (TPSA) is 44.4 Å². The third kappa shape index (κ3) is 5.61. The molecule has 0 aliphatic carbocycles. The minimum absolute atomic E-state index is 0.00703. The van der Waals surface area contributed by atoms with Crippen molar-refractivity contribution in [2.75, 3.05) is 38.0 Å². The first-order valence-corrected chi connectivity index (χ1v) is 7.55. The van der Waals surface area contributed by atoms with Crippen molar-refractivity contribution in [2.45, 2.75) is 27.2 Å². The van der Waals surface area contributed by atoms with Crippen molar-refractivity contribution in [1.29, 1.82) is 0 Å². The summed E-state index contributed by atoms with van der Waals surface area (Å²) in [6.07, 6.45) is 0.989. The highest BCUT2D eigenvalue weighted by Gasteiger charge is 2.05. The zero-order valence-corrected chi connectivity index (χ0v) is 12.9. The molecule has 2 N–H and O–H groups in total. The average Bonchev–Trinajstić information content (AvgIpc) is 2.48. The Bertz CT molecular complexity index is 385. The first-order valence-electron chi connectivity index (χ1n) is 7.55. The van der Waals surface area contributed by atoms with Crippen LogP contribution in [0.3, 0.4) is 0 Å². The number of nitrogens with zero attached hydrogens (tertiary/aromatic N) is 1. The zero-order chi connectivity index (χ0) is 14.8. The van der Waals surface area contributed by atoms with E-state index in [0.717, 1.165) is 50.4 Å². The van der Waals surface area contributed by atoms with Crippen LogP contribution in [0.25, 0.3) is 0 Å². The molecule has 0 radical (unpaired) electrons. The normalized spacial score (nSPS) is 10.6. The number of hydrogen-bond donors (Lipinski definition) is 2. The molecule has 112 valence electrons. The molecule has 1 rings (SSSR count). The fourth-order valence-corrected chi connectivity index (χ4v) is 2.09. The van der Waals surface area contributed by atoms with Crippen molar-refractivity contribution in [2.24, 2.45) is 0 Å². The molecule has 20 heavy (non-hydrogen) atoms. The van der Waals surface area contributed by atoms with Crippen LogP contribution >= 0.6 is 0 Å². The first-order chi connectivity index (χ1) is 9.71. The third-order valence-electron chi connectivity index (χ3n) is 3.36. The molecule has 0 fully saturated rings. The summed E-state index contributed by atoms with van der Waals surface area (Å²) in [5.74, 6) is 0.00703. The van der Waals surface area contributed by atoms with Gasteiger partial charge in [0.15, 0.2) is 0 Å². The van der Waals surface area contributed by atoms with Crippen LogP contribution in [0, 0.1) is 0 Å². The number of carbonyl (C=O) groups is 1. The second-order valence-corrected chi connectivity index (χ2v) is 4.74. The van der Waals surface area contributed by atoms with Crippen molar-refractivity contribution in [3.8, 4) is 0 Å². The SMILES string of the molecule is CCNc1ccc(C(=O)NCCCN(CC)CC)cc1. The van der Waals surface area contributed by atoms with Gasteiger partial charge in [0.05, 0.1) is 0 Å². The molecule has 0 saturated carbocycles. The van der Waals surface area contributed by atoms with Gasteiger partial charge in [-0.3, -0.25) is 4.79 Å². The van der Waals surface area contributed by atoms with E-state index in [1.165, 1.54) is 0 Å². The summed E-state index contributed by atoms with van der Waals surface area (Å²) in [7, 11) is 0. The van der Waals surface area contributed by atoms with Gasteiger partial charge in [-0.05, 0) is 57.2 Å². The minimum atomic E-state index is 0.00703. The predicted octanol–water partition coefficient (Wildman–Crippen LogP) is 2.58. The zero-order valence-electron chi connectivity index (χ0n) is 12.9. The molecule has 0 atom stereocenters. The van der Waals surface area contributed by atoms with Gasteiger partial charge >= 0.3 is 0 Å². The lowest BCUT2D eigenvalue weighted by Crippen LogP contribution is -2.29. The van der Waals surface area contributed by atoms with E-state index in [0.29, 0.717) is 0 Å². The summed E-state index contributed by atoms with van der Waals surface area (Å²) in [5.41, 5.74) is 1.76. The molecule has 1 amide bonds. The lowest BCUT2D eigenvalue weighted by molar-refractivity contribution is 0.0952. The largest absolute Gasteiger partial charge is 0.385 e. The van der Waals surface area contributed by atoms with Crippen molar-refractivity contribution in [3.05, 3.63) is 29.8 Å². The highest BCUT2D eigenvalue weighted by molar-refractivity contribution is 5.94. The smallest absolute Gasteiger partial charge is 0.251 e. The van der Waals surface area contributed by atoms with Crippen LogP contribution in [0.2, 0.25) is 0 Å². The number of carbonyl (C=O) groups excluding carboxylic acids is 1. The highest BCUT2D eigenvalue weighted by Crippen LogP contribution is 2.08. The molecule has 0 aliphatic rings. The highest BCUT2D eigenvalue weighted by atomic mass is 16.1. The van der Waals surface area contributed by atoms with Gasteiger partial charge in [0, 0.05) is 24.3 Å². The van der Waals surface area contributed by atoms with E-state index >= 15 is 0 Å². The standard InChI is InChI=1S/C16H27N3O/c1-4-17-15-10-8-14(9-11-15)16(20)18-12-7-13-19(5-2)6-3/h8-11,17H,4-7,12-13H2,1-3H3,(H,18,20). The Balaban J connectivity index is 2.32. The van der Waals surface area contributed by atoms with Gasteiger partial charge in [-0.25, -0.2) is 0 Å². The molecule has 1 aromatic rings. The summed E-state index contributed by atoms with van der Waals surface area (Å²) < 4.78 is 0. The van der Waals surface area contributed by atoms with E-state index in [9.17, 15) is 4.79 Å². The third-order valence-corrected chi connectivity index (χ3v) is 3.36. The van der Waals surface area contributed by atoms with Crippen molar-refractivity contribution < 1.29 is 4.79 Å². The molecule has 0 aliphatic heterocycles. The Labute approximate surface area is 122 Å². The predicted molar refractivity (Wildman–Crippen MR) is 85.3 cm³/mol. The minimum Gasteiger partial charge on any atom is -0.385 e. The second kappa shape index (κ2) is 9.37. The molecule has 0 saturated heterocycles. The van der Waals surface area contributed by atoms with Gasteiger partial charge in [-0.2, -0.15) is 0 Å². The maximum Gasteiger partial charge on any atom is 0.251 e. The molecule has 4 nitrogen and oxygen atoms in total. The molecule has 1 aromatic carbocycles. The monoisotopic (exact) mass is 277 g/mol. The number of nitrogens with one attached hydrogen (secondary N) is 2. The summed E-state index contributed by atoms with van der Waals surface area (Å²) >= 11 is 0. The molecular formula is C16H27N3O. The average molecular weight is 277 g/mol. The maximum atomic E-state index is 12.0. The fourth-order valence-electron chi connectivity index (χ4n) is 2.09. The number of benzene rings is 1. The van der Waals surface area contributed by atoms with Crippen LogP contribution in [-0.4, -0.2) is 43.5 Å². The van der Waals surface area contributed by atoms with Gasteiger partial charge in [0.1, 0.15) is 0 Å². The molecule has 4 heteroatoms. The lowest BCUT2D eigenvalue weighted by Gasteiger charge is -2.17. The van der Waals surface area contributed by atoms with Gasteiger partial charge in [-0.1, -0.05) is 13.8 Å². The number of anilines is 1. The number of amides is 1. The fraction of sp³-hybridized carbons (Fsp3) is 0.562. The quantitative estimate of drug-likeness (QED) is 0.682. The summed E-state index contributed by atoms with van der Waals surface area (Å²) in [6, 6.07) is 7.60. The van der Waals surface area contributed by atoms with Crippen LogP contribution < -0.4 is 10.6 Å². The molecule has 0 unspecified atom stereocenters. The molecular weight excluding hydrogens is 250 g/mol.